The lowest BCUT2D eigenvalue weighted by Crippen LogP contribution is -2.29. The summed E-state index contributed by atoms with van der Waals surface area (Å²) >= 11 is 0. The molecule has 4 nitrogen and oxygen atoms in total. The number of H-pyrrole nitrogens is 1. The summed E-state index contributed by atoms with van der Waals surface area (Å²) < 4.78 is 27.1. The standard InChI is InChI=1S/C11H8F2N2O2/c12-8-2-1-7(9(13)5-8)6-15-4-3-10(16)14-11(15)17/h1-5H,6H2,(H,14,16,17). The van der Waals surface area contributed by atoms with Gasteiger partial charge in [0.25, 0.3) is 5.56 Å². The Kier molecular flexibility index (Phi) is 2.86. The fourth-order valence-electron chi connectivity index (χ4n) is 1.40. The number of aromatic amines is 1. The summed E-state index contributed by atoms with van der Waals surface area (Å²) in [5.74, 6) is -1.41. The molecular formula is C11H8F2N2O2. The van der Waals surface area contributed by atoms with E-state index < -0.39 is 22.9 Å². The van der Waals surface area contributed by atoms with Crippen molar-refractivity contribution in [3.63, 3.8) is 0 Å². The highest BCUT2D eigenvalue weighted by Crippen LogP contribution is 2.09. The lowest BCUT2D eigenvalue weighted by atomic mass is 10.2. The van der Waals surface area contributed by atoms with E-state index in [0.29, 0.717) is 0 Å². The van der Waals surface area contributed by atoms with Gasteiger partial charge in [0.15, 0.2) is 0 Å². The molecule has 2 aromatic rings. The van der Waals surface area contributed by atoms with Crippen LogP contribution in [0.25, 0.3) is 0 Å². The molecule has 0 fully saturated rings. The maximum absolute atomic E-state index is 13.3. The van der Waals surface area contributed by atoms with Crippen LogP contribution in [0.15, 0.2) is 40.1 Å². The lowest BCUT2D eigenvalue weighted by molar-refractivity contribution is 0.562. The molecule has 0 radical (unpaired) electrons. The summed E-state index contributed by atoms with van der Waals surface area (Å²) in [6.07, 6.45) is 1.25. The number of benzene rings is 1. The van der Waals surface area contributed by atoms with Crippen LogP contribution < -0.4 is 11.2 Å². The van der Waals surface area contributed by atoms with Gasteiger partial charge in [-0.05, 0) is 6.07 Å². The highest BCUT2D eigenvalue weighted by Gasteiger charge is 2.05. The Morgan fingerprint density at radius 2 is 1.94 bits per heavy atom. The van der Waals surface area contributed by atoms with Crippen LogP contribution in [0.1, 0.15) is 5.56 Å². The second-order valence-electron chi connectivity index (χ2n) is 3.47. The Hall–Kier alpha value is -2.24. The van der Waals surface area contributed by atoms with E-state index in [4.69, 9.17) is 0 Å². The Morgan fingerprint density at radius 1 is 1.18 bits per heavy atom. The zero-order chi connectivity index (χ0) is 12.4. The predicted molar refractivity (Wildman–Crippen MR) is 56.8 cm³/mol. The molecule has 0 unspecified atom stereocenters. The van der Waals surface area contributed by atoms with Crippen LogP contribution in [0.3, 0.4) is 0 Å². The minimum atomic E-state index is -0.733. The SMILES string of the molecule is O=c1ccn(Cc2ccc(F)cc2F)c(=O)[nH]1. The summed E-state index contributed by atoms with van der Waals surface area (Å²) in [6, 6.07) is 4.26. The zero-order valence-corrected chi connectivity index (χ0v) is 8.61. The van der Waals surface area contributed by atoms with Crippen LogP contribution in [-0.4, -0.2) is 9.55 Å². The Morgan fingerprint density at radius 3 is 2.59 bits per heavy atom. The minimum Gasteiger partial charge on any atom is -0.296 e. The Balaban J connectivity index is 2.38. The molecule has 1 N–H and O–H groups in total. The molecule has 1 heterocycles. The second kappa shape index (κ2) is 4.32. The first-order valence-corrected chi connectivity index (χ1v) is 4.80. The van der Waals surface area contributed by atoms with Gasteiger partial charge in [-0.3, -0.25) is 14.3 Å². The molecule has 0 bridgehead atoms. The normalized spacial score (nSPS) is 10.5. The maximum atomic E-state index is 13.3. The topological polar surface area (TPSA) is 54.9 Å². The number of nitrogens with one attached hydrogen (secondary N) is 1. The first-order valence-electron chi connectivity index (χ1n) is 4.80. The average Bonchev–Trinajstić information content (AvgIpc) is 2.25. The van der Waals surface area contributed by atoms with Crippen molar-refractivity contribution in [2.75, 3.05) is 0 Å². The first-order chi connectivity index (χ1) is 8.06. The van der Waals surface area contributed by atoms with Crippen molar-refractivity contribution in [3.8, 4) is 0 Å². The quantitative estimate of drug-likeness (QED) is 0.843. The van der Waals surface area contributed by atoms with E-state index in [2.05, 4.69) is 0 Å². The summed E-state index contributed by atoms with van der Waals surface area (Å²) in [5, 5.41) is 0. The van der Waals surface area contributed by atoms with Gasteiger partial charge in [-0.15, -0.1) is 0 Å². The molecular weight excluding hydrogens is 230 g/mol. The van der Waals surface area contributed by atoms with Gasteiger partial charge in [0.2, 0.25) is 0 Å². The van der Waals surface area contributed by atoms with E-state index in [-0.39, 0.29) is 12.1 Å². The molecule has 17 heavy (non-hydrogen) atoms. The molecule has 0 spiro atoms. The highest BCUT2D eigenvalue weighted by atomic mass is 19.1. The molecule has 2 rings (SSSR count). The second-order valence-corrected chi connectivity index (χ2v) is 3.47. The molecule has 0 aliphatic rings. The Labute approximate surface area is 94.2 Å². The van der Waals surface area contributed by atoms with Crippen LogP contribution >= 0.6 is 0 Å². The summed E-state index contributed by atoms with van der Waals surface area (Å²) in [7, 11) is 0. The van der Waals surface area contributed by atoms with E-state index in [1.807, 2.05) is 4.98 Å². The fourth-order valence-corrected chi connectivity index (χ4v) is 1.40. The van der Waals surface area contributed by atoms with Crippen molar-refractivity contribution >= 4 is 0 Å². The van der Waals surface area contributed by atoms with Gasteiger partial charge in [-0.25, -0.2) is 13.6 Å². The van der Waals surface area contributed by atoms with E-state index in [9.17, 15) is 18.4 Å². The van der Waals surface area contributed by atoms with Crippen molar-refractivity contribution in [2.24, 2.45) is 0 Å². The number of nitrogens with zero attached hydrogens (tertiary/aromatic N) is 1. The first kappa shape index (κ1) is 11.3. The molecule has 0 saturated heterocycles. The van der Waals surface area contributed by atoms with E-state index >= 15 is 0 Å². The van der Waals surface area contributed by atoms with Crippen molar-refractivity contribution in [1.29, 1.82) is 0 Å². The maximum Gasteiger partial charge on any atom is 0.328 e. The van der Waals surface area contributed by atoms with Crippen molar-refractivity contribution < 1.29 is 8.78 Å². The fraction of sp³-hybridized carbons (Fsp3) is 0.0909. The van der Waals surface area contributed by atoms with Gasteiger partial charge < -0.3 is 0 Å². The van der Waals surface area contributed by atoms with Crippen LogP contribution in [0.4, 0.5) is 8.78 Å². The largest absolute Gasteiger partial charge is 0.328 e. The van der Waals surface area contributed by atoms with Crippen LogP contribution in [-0.2, 0) is 6.54 Å². The van der Waals surface area contributed by atoms with E-state index in [1.54, 1.807) is 0 Å². The molecule has 0 aliphatic heterocycles. The van der Waals surface area contributed by atoms with Crippen molar-refractivity contribution in [2.45, 2.75) is 6.54 Å². The molecule has 0 atom stereocenters. The molecule has 88 valence electrons. The van der Waals surface area contributed by atoms with Crippen LogP contribution in [0, 0.1) is 11.6 Å². The number of halogens is 2. The summed E-state index contributed by atoms with van der Waals surface area (Å²) in [4.78, 5) is 24.2. The zero-order valence-electron chi connectivity index (χ0n) is 8.61. The van der Waals surface area contributed by atoms with Crippen LogP contribution in [0.5, 0.6) is 0 Å². The van der Waals surface area contributed by atoms with Gasteiger partial charge in [0, 0.05) is 23.9 Å². The number of rotatable bonds is 2. The third-order valence-electron chi connectivity index (χ3n) is 2.25. The molecule has 0 amide bonds. The van der Waals surface area contributed by atoms with E-state index in [1.165, 1.54) is 12.3 Å². The minimum absolute atomic E-state index is 0.0677. The average molecular weight is 238 g/mol. The third kappa shape index (κ3) is 2.47. The van der Waals surface area contributed by atoms with Gasteiger partial charge in [0.05, 0.1) is 6.54 Å². The van der Waals surface area contributed by atoms with Gasteiger partial charge in [-0.1, -0.05) is 6.07 Å². The van der Waals surface area contributed by atoms with Gasteiger partial charge in [0.1, 0.15) is 11.6 Å². The lowest BCUT2D eigenvalue weighted by Gasteiger charge is -2.05. The number of hydrogen-bond acceptors (Lipinski definition) is 2. The smallest absolute Gasteiger partial charge is 0.296 e. The molecule has 1 aromatic heterocycles. The summed E-state index contributed by atoms with van der Waals surface area (Å²) in [5.41, 5.74) is -0.993. The molecule has 0 saturated carbocycles. The third-order valence-corrected chi connectivity index (χ3v) is 2.25. The molecule has 6 heteroatoms. The van der Waals surface area contributed by atoms with Crippen molar-refractivity contribution in [1.82, 2.24) is 9.55 Å². The molecule has 0 aliphatic carbocycles. The monoisotopic (exact) mass is 238 g/mol. The number of aromatic nitrogens is 2. The molecule has 1 aromatic carbocycles. The Bertz CT molecular complexity index is 661. The van der Waals surface area contributed by atoms with Crippen LogP contribution in [0.2, 0.25) is 0 Å². The predicted octanol–water partition coefficient (Wildman–Crippen LogP) is 0.863. The van der Waals surface area contributed by atoms with Crippen molar-refractivity contribution in [3.05, 3.63) is 68.5 Å². The van der Waals surface area contributed by atoms with E-state index in [0.717, 1.165) is 22.8 Å². The highest BCUT2D eigenvalue weighted by molar-refractivity contribution is 5.18. The summed E-state index contributed by atoms with van der Waals surface area (Å²) in [6.45, 7) is -0.0677. The van der Waals surface area contributed by atoms with Gasteiger partial charge >= 0.3 is 5.69 Å². The van der Waals surface area contributed by atoms with Gasteiger partial charge in [-0.2, -0.15) is 0 Å². The number of hydrogen-bond donors (Lipinski definition) is 1.